The molecule has 1 aliphatic rings. The summed E-state index contributed by atoms with van der Waals surface area (Å²) in [7, 11) is 0. The molecule has 0 saturated heterocycles. The maximum atomic E-state index is 12.5. The summed E-state index contributed by atoms with van der Waals surface area (Å²) in [4.78, 5) is 24.6. The van der Waals surface area contributed by atoms with E-state index in [1.54, 1.807) is 0 Å². The second kappa shape index (κ2) is 13.7. The molecule has 6 nitrogen and oxygen atoms in total. The molecule has 2 heterocycles. The molecule has 0 unspecified atom stereocenters. The molecule has 0 aliphatic heterocycles. The lowest BCUT2D eigenvalue weighted by molar-refractivity contribution is -0.121. The predicted molar refractivity (Wildman–Crippen MR) is 162 cm³/mol. The van der Waals surface area contributed by atoms with Crippen LogP contribution in [0.2, 0.25) is 0 Å². The second-order valence-electron chi connectivity index (χ2n) is 11.2. The van der Waals surface area contributed by atoms with Gasteiger partial charge in [-0.1, -0.05) is 60.7 Å². The van der Waals surface area contributed by atoms with E-state index in [1.807, 2.05) is 54.9 Å². The number of nitrogens with zero attached hydrogens (tertiary/aromatic N) is 3. The smallest absolute Gasteiger partial charge is 0.220 e. The van der Waals surface area contributed by atoms with Gasteiger partial charge in [0.05, 0.1) is 24.0 Å². The number of aliphatic hydroxyl groups excluding tert-OH is 1. The van der Waals surface area contributed by atoms with E-state index in [9.17, 15) is 9.90 Å². The molecule has 1 atom stereocenters. The second-order valence-corrected chi connectivity index (χ2v) is 11.2. The standard InChI is InChI=1S/C35H40N4O2/c1-25-18-26(2)32(37-20-25)23-39(33-12-6-10-29-11-7-17-36-35(29)33)22-30-15-13-28(19-31(30)24-40)21-38-34(41)16-14-27-8-4-3-5-9-27/h3-5,7-9,11,13,15,17-20,33,40H,6,10,12,14,16,21-24H2,1-2H3,(H,38,41)/t33-/m1/s1. The van der Waals surface area contributed by atoms with Gasteiger partial charge in [0.15, 0.2) is 0 Å². The number of aromatic nitrogens is 2. The van der Waals surface area contributed by atoms with Gasteiger partial charge < -0.3 is 10.4 Å². The number of fused-ring (bicyclic) bond motifs is 1. The van der Waals surface area contributed by atoms with Crippen LogP contribution in [0.3, 0.4) is 0 Å². The molecule has 2 N–H and O–H groups in total. The van der Waals surface area contributed by atoms with Crippen molar-refractivity contribution >= 4 is 5.91 Å². The van der Waals surface area contributed by atoms with Gasteiger partial charge in [0, 0.05) is 38.4 Å². The van der Waals surface area contributed by atoms with Gasteiger partial charge in [0.2, 0.25) is 5.91 Å². The number of carbonyl (C=O) groups is 1. The lowest BCUT2D eigenvalue weighted by Gasteiger charge is -2.35. The van der Waals surface area contributed by atoms with Crippen molar-refractivity contribution in [3.05, 3.63) is 129 Å². The molecular formula is C35H40N4O2. The monoisotopic (exact) mass is 548 g/mol. The fourth-order valence-corrected chi connectivity index (χ4v) is 5.82. The lowest BCUT2D eigenvalue weighted by atomic mass is 9.90. The van der Waals surface area contributed by atoms with Crippen molar-refractivity contribution in [2.75, 3.05) is 0 Å². The average Bonchev–Trinajstić information content (AvgIpc) is 3.00. The van der Waals surface area contributed by atoms with Crippen molar-refractivity contribution in [1.82, 2.24) is 20.2 Å². The van der Waals surface area contributed by atoms with Gasteiger partial charge in [-0.05, 0) is 84.5 Å². The zero-order valence-corrected chi connectivity index (χ0v) is 24.1. The summed E-state index contributed by atoms with van der Waals surface area (Å²) >= 11 is 0. The first-order valence-electron chi connectivity index (χ1n) is 14.6. The maximum Gasteiger partial charge on any atom is 0.220 e. The van der Waals surface area contributed by atoms with Gasteiger partial charge in [0.1, 0.15) is 0 Å². The van der Waals surface area contributed by atoms with Crippen LogP contribution in [0, 0.1) is 13.8 Å². The Kier molecular flexibility index (Phi) is 9.55. The predicted octanol–water partition coefficient (Wildman–Crippen LogP) is 5.91. The van der Waals surface area contributed by atoms with Crippen molar-refractivity contribution in [3.8, 4) is 0 Å². The minimum atomic E-state index is -0.0553. The minimum absolute atomic E-state index is 0.0269. The van der Waals surface area contributed by atoms with Crippen molar-refractivity contribution in [3.63, 3.8) is 0 Å². The molecule has 0 radical (unpaired) electrons. The number of aliphatic hydroxyl groups is 1. The Bertz CT molecular complexity index is 1470. The Morgan fingerprint density at radius 2 is 1.83 bits per heavy atom. The highest BCUT2D eigenvalue weighted by molar-refractivity contribution is 5.76. The van der Waals surface area contributed by atoms with Gasteiger partial charge in [-0.3, -0.25) is 19.7 Å². The molecule has 0 fully saturated rings. The fourth-order valence-electron chi connectivity index (χ4n) is 5.82. The molecule has 0 spiro atoms. The van der Waals surface area contributed by atoms with E-state index in [0.29, 0.717) is 26.1 Å². The molecule has 41 heavy (non-hydrogen) atoms. The number of nitrogens with one attached hydrogen (secondary N) is 1. The molecule has 2 aromatic carbocycles. The summed E-state index contributed by atoms with van der Waals surface area (Å²) < 4.78 is 0. The molecule has 4 aromatic rings. The first kappa shape index (κ1) is 28.7. The van der Waals surface area contributed by atoms with Crippen LogP contribution in [-0.4, -0.2) is 25.9 Å². The first-order valence-corrected chi connectivity index (χ1v) is 14.6. The third-order valence-electron chi connectivity index (χ3n) is 8.07. The van der Waals surface area contributed by atoms with E-state index in [0.717, 1.165) is 64.9 Å². The maximum absolute atomic E-state index is 12.5. The van der Waals surface area contributed by atoms with Gasteiger partial charge in [-0.15, -0.1) is 0 Å². The Balaban J connectivity index is 1.32. The highest BCUT2D eigenvalue weighted by Gasteiger charge is 2.28. The molecule has 0 saturated carbocycles. The number of amides is 1. The molecule has 6 heteroatoms. The molecule has 2 aromatic heterocycles. The summed E-state index contributed by atoms with van der Waals surface area (Å²) in [5.74, 6) is 0.0269. The van der Waals surface area contributed by atoms with Crippen LogP contribution in [0.25, 0.3) is 0 Å². The van der Waals surface area contributed by atoms with Gasteiger partial charge in [-0.2, -0.15) is 0 Å². The number of aryl methyl sites for hydroxylation is 4. The van der Waals surface area contributed by atoms with Crippen molar-refractivity contribution in [2.45, 2.75) is 78.2 Å². The van der Waals surface area contributed by atoms with Crippen LogP contribution in [0.15, 0.2) is 79.1 Å². The lowest BCUT2D eigenvalue weighted by Crippen LogP contribution is -2.32. The first-order chi connectivity index (χ1) is 20.0. The summed E-state index contributed by atoms with van der Waals surface area (Å²) in [6, 6.07) is 22.8. The molecule has 1 aliphatic carbocycles. The zero-order chi connectivity index (χ0) is 28.6. The molecule has 0 bridgehead atoms. The van der Waals surface area contributed by atoms with E-state index in [-0.39, 0.29) is 18.6 Å². The Morgan fingerprint density at radius 3 is 2.63 bits per heavy atom. The van der Waals surface area contributed by atoms with E-state index in [2.05, 4.69) is 48.3 Å². The van der Waals surface area contributed by atoms with Crippen molar-refractivity contribution in [1.29, 1.82) is 0 Å². The number of pyridine rings is 2. The van der Waals surface area contributed by atoms with E-state index in [4.69, 9.17) is 9.97 Å². The quantitative estimate of drug-likeness (QED) is 0.244. The fraction of sp³-hybridized carbons (Fsp3) is 0.343. The number of hydrogen-bond acceptors (Lipinski definition) is 5. The average molecular weight is 549 g/mol. The number of carbonyl (C=O) groups excluding carboxylic acids is 1. The van der Waals surface area contributed by atoms with Crippen LogP contribution in [0.1, 0.15) is 75.6 Å². The van der Waals surface area contributed by atoms with E-state index < -0.39 is 0 Å². The van der Waals surface area contributed by atoms with Crippen LogP contribution in [0.5, 0.6) is 0 Å². The third kappa shape index (κ3) is 7.46. The van der Waals surface area contributed by atoms with Crippen LogP contribution in [0.4, 0.5) is 0 Å². The van der Waals surface area contributed by atoms with Crippen LogP contribution >= 0.6 is 0 Å². The largest absolute Gasteiger partial charge is 0.392 e. The van der Waals surface area contributed by atoms with Gasteiger partial charge in [-0.25, -0.2) is 0 Å². The van der Waals surface area contributed by atoms with Crippen molar-refractivity contribution in [2.24, 2.45) is 0 Å². The Morgan fingerprint density at radius 1 is 0.976 bits per heavy atom. The Labute approximate surface area is 243 Å². The number of rotatable bonds is 11. The van der Waals surface area contributed by atoms with E-state index in [1.165, 1.54) is 11.1 Å². The summed E-state index contributed by atoms with van der Waals surface area (Å²) in [6.07, 6.45) is 8.23. The zero-order valence-electron chi connectivity index (χ0n) is 24.1. The van der Waals surface area contributed by atoms with Crippen LogP contribution < -0.4 is 5.32 Å². The molecule has 1 amide bonds. The highest BCUT2D eigenvalue weighted by atomic mass is 16.3. The molecule has 212 valence electrons. The van der Waals surface area contributed by atoms with E-state index >= 15 is 0 Å². The normalized spacial score (nSPS) is 14.6. The molecular weight excluding hydrogens is 508 g/mol. The minimum Gasteiger partial charge on any atom is -0.392 e. The number of benzene rings is 2. The highest BCUT2D eigenvalue weighted by Crippen LogP contribution is 2.35. The third-order valence-corrected chi connectivity index (χ3v) is 8.07. The van der Waals surface area contributed by atoms with Crippen LogP contribution in [-0.2, 0) is 43.9 Å². The van der Waals surface area contributed by atoms with Gasteiger partial charge in [0.25, 0.3) is 0 Å². The summed E-state index contributed by atoms with van der Waals surface area (Å²) in [6.45, 7) is 5.97. The summed E-state index contributed by atoms with van der Waals surface area (Å²) in [5.41, 5.74) is 10.0. The Hall–Kier alpha value is -3.87. The topological polar surface area (TPSA) is 78.4 Å². The number of hydrogen-bond donors (Lipinski definition) is 2. The van der Waals surface area contributed by atoms with Crippen molar-refractivity contribution < 1.29 is 9.90 Å². The molecule has 5 rings (SSSR count). The van der Waals surface area contributed by atoms with Gasteiger partial charge >= 0.3 is 0 Å². The SMILES string of the molecule is Cc1cnc(CN(Cc2ccc(CNC(=O)CCc3ccccc3)cc2CO)[C@@H]2CCCc3cccnc32)c(C)c1. The summed E-state index contributed by atoms with van der Waals surface area (Å²) in [5, 5.41) is 13.4.